The van der Waals surface area contributed by atoms with E-state index in [1.54, 1.807) is 0 Å². The molecule has 0 aliphatic heterocycles. The molecule has 1 aromatic rings. The second kappa shape index (κ2) is 5.75. The van der Waals surface area contributed by atoms with Crippen LogP contribution in [0.3, 0.4) is 0 Å². The van der Waals surface area contributed by atoms with Gasteiger partial charge in [-0.1, -0.05) is 25.4 Å². The maximum absolute atomic E-state index is 5.19. The van der Waals surface area contributed by atoms with Gasteiger partial charge in [-0.3, -0.25) is 0 Å². The minimum absolute atomic E-state index is 0.385. The Hall–Kier alpha value is -0.900. The van der Waals surface area contributed by atoms with Gasteiger partial charge in [0.2, 0.25) is 5.89 Å². The molecule has 1 aromatic heterocycles. The summed E-state index contributed by atoms with van der Waals surface area (Å²) in [5.74, 6) is 1.96. The maximum Gasteiger partial charge on any atom is 0.229 e. The van der Waals surface area contributed by atoms with Crippen molar-refractivity contribution in [2.75, 3.05) is 13.6 Å². The normalized spacial score (nSPS) is 13.1. The van der Waals surface area contributed by atoms with Crippen molar-refractivity contribution in [3.8, 4) is 0 Å². The van der Waals surface area contributed by atoms with Crippen LogP contribution in [-0.2, 0) is 6.42 Å². The van der Waals surface area contributed by atoms with Crippen molar-refractivity contribution in [3.05, 3.63) is 11.7 Å². The van der Waals surface area contributed by atoms with Crippen LogP contribution in [0.25, 0.3) is 0 Å². The van der Waals surface area contributed by atoms with Crippen LogP contribution >= 0.6 is 0 Å². The third kappa shape index (κ3) is 3.10. The highest BCUT2D eigenvalue weighted by Gasteiger charge is 2.12. The first-order valence-electron chi connectivity index (χ1n) is 5.25. The number of aromatic nitrogens is 2. The topological polar surface area (TPSA) is 51.0 Å². The van der Waals surface area contributed by atoms with Crippen molar-refractivity contribution in [2.24, 2.45) is 0 Å². The van der Waals surface area contributed by atoms with E-state index in [-0.39, 0.29) is 0 Å². The Morgan fingerprint density at radius 1 is 1.50 bits per heavy atom. The van der Waals surface area contributed by atoms with Crippen molar-refractivity contribution in [1.29, 1.82) is 0 Å². The number of nitrogens with zero attached hydrogens (tertiary/aromatic N) is 2. The second-order valence-corrected chi connectivity index (χ2v) is 3.59. The first-order chi connectivity index (χ1) is 6.77. The summed E-state index contributed by atoms with van der Waals surface area (Å²) in [6.07, 6.45) is 3.09. The Bertz CT molecular complexity index is 260. The molecule has 1 unspecified atom stereocenters. The van der Waals surface area contributed by atoms with E-state index in [2.05, 4.69) is 29.3 Å². The monoisotopic (exact) mass is 197 g/mol. The van der Waals surface area contributed by atoms with Crippen molar-refractivity contribution in [1.82, 2.24) is 15.5 Å². The maximum atomic E-state index is 5.19. The Labute approximate surface area is 85.1 Å². The largest absolute Gasteiger partial charge is 0.339 e. The van der Waals surface area contributed by atoms with Gasteiger partial charge in [-0.15, -0.1) is 0 Å². The predicted molar refractivity (Wildman–Crippen MR) is 55.3 cm³/mol. The molecule has 0 fully saturated rings. The van der Waals surface area contributed by atoms with Crippen molar-refractivity contribution in [3.63, 3.8) is 0 Å². The summed E-state index contributed by atoms with van der Waals surface area (Å²) in [5.41, 5.74) is 0. The fraction of sp³-hybridized carbons (Fsp3) is 0.800. The minimum atomic E-state index is 0.385. The first-order valence-corrected chi connectivity index (χ1v) is 5.25. The summed E-state index contributed by atoms with van der Waals surface area (Å²) in [7, 11) is 1.92. The third-order valence-corrected chi connectivity index (χ3v) is 2.23. The van der Waals surface area contributed by atoms with Crippen LogP contribution in [0.1, 0.15) is 44.3 Å². The molecule has 0 bridgehead atoms. The molecule has 80 valence electrons. The number of rotatable bonds is 6. The van der Waals surface area contributed by atoms with Gasteiger partial charge < -0.3 is 9.84 Å². The zero-order valence-electron chi connectivity index (χ0n) is 9.21. The average molecular weight is 197 g/mol. The molecule has 0 amide bonds. The summed E-state index contributed by atoms with van der Waals surface area (Å²) < 4.78 is 5.19. The van der Waals surface area contributed by atoms with Gasteiger partial charge in [0.1, 0.15) is 0 Å². The number of nitrogens with one attached hydrogen (secondary N) is 1. The molecule has 0 aromatic carbocycles. The second-order valence-electron chi connectivity index (χ2n) is 3.59. The summed E-state index contributed by atoms with van der Waals surface area (Å²) in [6.45, 7) is 5.18. The molecule has 1 rings (SSSR count). The Morgan fingerprint density at radius 2 is 2.29 bits per heavy atom. The van der Waals surface area contributed by atoms with E-state index in [1.165, 1.54) is 0 Å². The van der Waals surface area contributed by atoms with Crippen molar-refractivity contribution >= 4 is 0 Å². The lowest BCUT2D eigenvalue weighted by atomic mass is 10.1. The summed E-state index contributed by atoms with van der Waals surface area (Å²) in [6, 6.07) is 0. The molecule has 0 saturated carbocycles. The number of likely N-dealkylation sites (N-methyl/N-ethyl adjacent to an activating group) is 1. The van der Waals surface area contributed by atoms with Gasteiger partial charge in [0, 0.05) is 18.9 Å². The molecule has 0 radical (unpaired) electrons. The number of hydrogen-bond acceptors (Lipinski definition) is 4. The van der Waals surface area contributed by atoms with Gasteiger partial charge in [0.25, 0.3) is 0 Å². The Balaban J connectivity index is 2.49. The highest BCUT2D eigenvalue weighted by Crippen LogP contribution is 2.18. The molecule has 14 heavy (non-hydrogen) atoms. The zero-order valence-corrected chi connectivity index (χ0v) is 9.21. The summed E-state index contributed by atoms with van der Waals surface area (Å²) >= 11 is 0. The summed E-state index contributed by atoms with van der Waals surface area (Å²) in [4.78, 5) is 4.35. The van der Waals surface area contributed by atoms with Crippen LogP contribution in [0.4, 0.5) is 0 Å². The van der Waals surface area contributed by atoms with Crippen molar-refractivity contribution in [2.45, 2.75) is 39.0 Å². The van der Waals surface area contributed by atoms with E-state index in [0.717, 1.165) is 37.5 Å². The standard InChI is InChI=1S/C10H19N3O/c1-4-5-8(2)10-12-9(13-14-10)6-7-11-3/h8,11H,4-7H2,1-3H3. The lowest BCUT2D eigenvalue weighted by Gasteiger charge is -2.01. The SMILES string of the molecule is CCCC(C)c1nc(CCNC)no1. The van der Waals surface area contributed by atoms with Gasteiger partial charge in [0.05, 0.1) is 0 Å². The highest BCUT2D eigenvalue weighted by atomic mass is 16.5. The smallest absolute Gasteiger partial charge is 0.229 e. The average Bonchev–Trinajstić information content (AvgIpc) is 2.63. The zero-order chi connectivity index (χ0) is 10.4. The molecule has 0 saturated heterocycles. The van der Waals surface area contributed by atoms with E-state index >= 15 is 0 Å². The van der Waals surface area contributed by atoms with Crippen LogP contribution < -0.4 is 5.32 Å². The van der Waals surface area contributed by atoms with Gasteiger partial charge >= 0.3 is 0 Å². The van der Waals surface area contributed by atoms with Crippen molar-refractivity contribution < 1.29 is 4.52 Å². The lowest BCUT2D eigenvalue weighted by molar-refractivity contribution is 0.349. The fourth-order valence-electron chi connectivity index (χ4n) is 1.36. The van der Waals surface area contributed by atoms with Crippen LogP contribution in [0.5, 0.6) is 0 Å². The van der Waals surface area contributed by atoms with Crippen LogP contribution in [0.2, 0.25) is 0 Å². The van der Waals surface area contributed by atoms with E-state index in [4.69, 9.17) is 4.52 Å². The third-order valence-electron chi connectivity index (χ3n) is 2.23. The highest BCUT2D eigenvalue weighted by molar-refractivity contribution is 4.92. The lowest BCUT2D eigenvalue weighted by Crippen LogP contribution is -2.11. The quantitative estimate of drug-likeness (QED) is 0.754. The molecule has 4 heteroatoms. The van der Waals surface area contributed by atoms with Crippen LogP contribution in [0, 0.1) is 0 Å². The molecule has 1 N–H and O–H groups in total. The van der Waals surface area contributed by atoms with E-state index < -0.39 is 0 Å². The molecule has 0 aliphatic carbocycles. The molecular formula is C10H19N3O. The summed E-state index contributed by atoms with van der Waals surface area (Å²) in [5, 5.41) is 6.99. The Kier molecular flexibility index (Phi) is 4.59. The van der Waals surface area contributed by atoms with Gasteiger partial charge in [0.15, 0.2) is 5.82 Å². The molecule has 0 spiro atoms. The molecule has 4 nitrogen and oxygen atoms in total. The predicted octanol–water partition coefficient (Wildman–Crippen LogP) is 1.74. The molecule has 0 aliphatic rings. The number of hydrogen-bond donors (Lipinski definition) is 1. The Morgan fingerprint density at radius 3 is 2.93 bits per heavy atom. The molecular weight excluding hydrogens is 178 g/mol. The van der Waals surface area contributed by atoms with Gasteiger partial charge in [-0.2, -0.15) is 4.98 Å². The van der Waals surface area contributed by atoms with Gasteiger partial charge in [-0.25, -0.2) is 0 Å². The van der Waals surface area contributed by atoms with Gasteiger partial charge in [-0.05, 0) is 13.5 Å². The molecule has 1 atom stereocenters. The van der Waals surface area contributed by atoms with E-state index in [1.807, 2.05) is 7.05 Å². The minimum Gasteiger partial charge on any atom is -0.339 e. The molecule has 1 heterocycles. The van der Waals surface area contributed by atoms with Crippen LogP contribution in [0.15, 0.2) is 4.52 Å². The fourth-order valence-corrected chi connectivity index (χ4v) is 1.36. The van der Waals surface area contributed by atoms with E-state index in [9.17, 15) is 0 Å². The van der Waals surface area contributed by atoms with E-state index in [0.29, 0.717) is 5.92 Å². The first kappa shape index (κ1) is 11.2. The van der Waals surface area contributed by atoms with Crippen LogP contribution in [-0.4, -0.2) is 23.7 Å².